The van der Waals surface area contributed by atoms with Gasteiger partial charge in [-0.25, -0.2) is 9.97 Å². The van der Waals surface area contributed by atoms with Crippen LogP contribution in [0.2, 0.25) is 5.02 Å². The predicted octanol–water partition coefficient (Wildman–Crippen LogP) is 6.63. The van der Waals surface area contributed by atoms with Crippen LogP contribution in [0.5, 0.6) is 0 Å². The van der Waals surface area contributed by atoms with Crippen molar-refractivity contribution in [1.29, 1.82) is 0 Å². The van der Waals surface area contributed by atoms with Crippen LogP contribution in [0.15, 0.2) is 65.7 Å². The zero-order valence-corrected chi connectivity index (χ0v) is 20.9. The second kappa shape index (κ2) is 9.86. The molecule has 5 nitrogen and oxygen atoms in total. The SMILES string of the molecule is Cc1nc(SC2CCCCN(C(=O)c3ccc(Cl)cc3)C2=O)c2cc(-c3ccccc3)sc2n1. The van der Waals surface area contributed by atoms with E-state index in [1.807, 2.05) is 25.1 Å². The highest BCUT2D eigenvalue weighted by Crippen LogP contribution is 2.39. The van der Waals surface area contributed by atoms with Crippen LogP contribution >= 0.6 is 34.7 Å². The van der Waals surface area contributed by atoms with Crippen molar-refractivity contribution in [2.45, 2.75) is 36.5 Å². The quantitative estimate of drug-likeness (QED) is 0.229. The Balaban J connectivity index is 1.45. The molecule has 0 radical (unpaired) electrons. The first-order valence-corrected chi connectivity index (χ1v) is 13.2. The summed E-state index contributed by atoms with van der Waals surface area (Å²) in [7, 11) is 0. The lowest BCUT2D eigenvalue weighted by atomic mass is 10.2. The third-order valence-electron chi connectivity index (χ3n) is 5.76. The van der Waals surface area contributed by atoms with Gasteiger partial charge in [0.1, 0.15) is 15.7 Å². The van der Waals surface area contributed by atoms with Crippen molar-refractivity contribution in [3.63, 3.8) is 0 Å². The number of imide groups is 1. The highest BCUT2D eigenvalue weighted by atomic mass is 35.5. The van der Waals surface area contributed by atoms with Gasteiger partial charge in [-0.05, 0) is 55.7 Å². The molecule has 1 aliphatic rings. The standard InChI is InChI=1S/C26H22ClN3O2S2/c1-16-28-23(20-15-22(34-24(20)29-16)17-7-3-2-4-8-17)33-21-9-5-6-14-30(26(21)32)25(31)18-10-12-19(27)13-11-18/h2-4,7-8,10-13,15,21H,5-6,9,14H2,1H3. The van der Waals surface area contributed by atoms with Crippen molar-refractivity contribution in [2.24, 2.45) is 0 Å². The monoisotopic (exact) mass is 507 g/mol. The van der Waals surface area contributed by atoms with Crippen molar-refractivity contribution in [1.82, 2.24) is 14.9 Å². The number of halogens is 1. The molecule has 5 rings (SSSR count). The summed E-state index contributed by atoms with van der Waals surface area (Å²) < 4.78 is 0. The van der Waals surface area contributed by atoms with E-state index in [4.69, 9.17) is 16.6 Å². The number of carbonyl (C=O) groups is 2. The van der Waals surface area contributed by atoms with Crippen molar-refractivity contribution in [3.05, 3.63) is 77.1 Å². The molecule has 0 aliphatic carbocycles. The molecule has 0 spiro atoms. The number of rotatable bonds is 4. The molecule has 4 aromatic rings. The number of fused-ring (bicyclic) bond motifs is 1. The van der Waals surface area contributed by atoms with Gasteiger partial charge in [-0.1, -0.05) is 60.1 Å². The second-order valence-corrected chi connectivity index (χ2v) is 10.8. The van der Waals surface area contributed by atoms with Gasteiger partial charge in [0.15, 0.2) is 0 Å². The van der Waals surface area contributed by atoms with Crippen LogP contribution < -0.4 is 0 Å². The summed E-state index contributed by atoms with van der Waals surface area (Å²) in [4.78, 5) is 39.4. The van der Waals surface area contributed by atoms with Gasteiger partial charge in [-0.2, -0.15) is 0 Å². The Bertz CT molecular complexity index is 1360. The highest BCUT2D eigenvalue weighted by molar-refractivity contribution is 8.00. The van der Waals surface area contributed by atoms with E-state index < -0.39 is 0 Å². The summed E-state index contributed by atoms with van der Waals surface area (Å²) in [5.41, 5.74) is 1.60. The van der Waals surface area contributed by atoms with Gasteiger partial charge in [0, 0.05) is 27.4 Å². The Morgan fingerprint density at radius 1 is 1.09 bits per heavy atom. The first-order chi connectivity index (χ1) is 16.5. The second-order valence-electron chi connectivity index (χ2n) is 8.18. The molecule has 1 aliphatic heterocycles. The van der Waals surface area contributed by atoms with Crippen molar-refractivity contribution in [2.75, 3.05) is 6.54 Å². The van der Waals surface area contributed by atoms with Gasteiger partial charge < -0.3 is 0 Å². The number of likely N-dealkylation sites (tertiary alicyclic amines) is 1. The van der Waals surface area contributed by atoms with Crippen LogP contribution in [-0.4, -0.2) is 38.5 Å². The number of aryl methyl sites for hydroxylation is 1. The molecule has 8 heteroatoms. The number of hydrogen-bond acceptors (Lipinski definition) is 6. The van der Waals surface area contributed by atoms with Crippen LogP contribution in [0.3, 0.4) is 0 Å². The molecule has 1 saturated heterocycles. The summed E-state index contributed by atoms with van der Waals surface area (Å²) in [6.45, 7) is 2.29. The van der Waals surface area contributed by atoms with Gasteiger partial charge in [-0.3, -0.25) is 14.5 Å². The Hall–Kier alpha value is -2.74. The fraction of sp³-hybridized carbons (Fsp3) is 0.231. The summed E-state index contributed by atoms with van der Waals surface area (Å²) in [6.07, 6.45) is 2.37. The molecule has 0 saturated carbocycles. The molecule has 2 amide bonds. The van der Waals surface area contributed by atoms with E-state index in [0.29, 0.717) is 29.4 Å². The van der Waals surface area contributed by atoms with E-state index in [2.05, 4.69) is 23.2 Å². The van der Waals surface area contributed by atoms with E-state index in [1.165, 1.54) is 16.7 Å². The number of amides is 2. The average molecular weight is 508 g/mol. The lowest BCUT2D eigenvalue weighted by Gasteiger charge is -2.22. The largest absolute Gasteiger partial charge is 0.278 e. The van der Waals surface area contributed by atoms with Gasteiger partial charge in [-0.15, -0.1) is 11.3 Å². The van der Waals surface area contributed by atoms with Gasteiger partial charge in [0.2, 0.25) is 5.91 Å². The number of aromatic nitrogens is 2. The molecule has 3 heterocycles. The normalized spacial score (nSPS) is 16.6. The maximum atomic E-state index is 13.5. The van der Waals surface area contributed by atoms with Crippen LogP contribution in [0.4, 0.5) is 0 Å². The van der Waals surface area contributed by atoms with E-state index in [0.717, 1.165) is 38.5 Å². The molecular formula is C26H22ClN3O2S2. The number of thiophene rings is 1. The number of thioether (sulfide) groups is 1. The van der Waals surface area contributed by atoms with Crippen LogP contribution in [0, 0.1) is 6.92 Å². The van der Waals surface area contributed by atoms with Gasteiger partial charge >= 0.3 is 0 Å². The predicted molar refractivity (Wildman–Crippen MR) is 139 cm³/mol. The van der Waals surface area contributed by atoms with E-state index in [-0.39, 0.29) is 17.1 Å². The molecule has 1 fully saturated rings. The lowest BCUT2D eigenvalue weighted by molar-refractivity contribution is -0.127. The minimum atomic E-state index is -0.378. The molecule has 1 unspecified atom stereocenters. The average Bonchev–Trinajstić information content (AvgIpc) is 3.19. The number of carbonyl (C=O) groups excluding carboxylic acids is 2. The van der Waals surface area contributed by atoms with Crippen molar-refractivity contribution >= 4 is 56.7 Å². The Morgan fingerprint density at radius 3 is 2.62 bits per heavy atom. The maximum Gasteiger partial charge on any atom is 0.260 e. The smallest absolute Gasteiger partial charge is 0.260 e. The fourth-order valence-corrected chi connectivity index (χ4v) is 6.55. The third kappa shape index (κ3) is 4.73. The molecule has 1 atom stereocenters. The first-order valence-electron chi connectivity index (χ1n) is 11.1. The molecule has 2 aromatic carbocycles. The summed E-state index contributed by atoms with van der Waals surface area (Å²) in [5.74, 6) is 0.233. The molecule has 0 bridgehead atoms. The molecule has 2 aromatic heterocycles. The molecular weight excluding hydrogens is 486 g/mol. The molecule has 34 heavy (non-hydrogen) atoms. The Kier molecular flexibility index (Phi) is 6.68. The Morgan fingerprint density at radius 2 is 1.85 bits per heavy atom. The molecule has 172 valence electrons. The number of benzene rings is 2. The summed E-state index contributed by atoms with van der Waals surface area (Å²) in [6, 6.07) is 19.0. The maximum absolute atomic E-state index is 13.5. The van der Waals surface area contributed by atoms with E-state index >= 15 is 0 Å². The van der Waals surface area contributed by atoms with Crippen LogP contribution in [-0.2, 0) is 4.79 Å². The van der Waals surface area contributed by atoms with Gasteiger partial charge in [0.05, 0.1) is 5.25 Å². The zero-order chi connectivity index (χ0) is 23.7. The van der Waals surface area contributed by atoms with Crippen LogP contribution in [0.1, 0.15) is 35.4 Å². The first kappa shape index (κ1) is 23.0. The lowest BCUT2D eigenvalue weighted by Crippen LogP contribution is -2.41. The minimum Gasteiger partial charge on any atom is -0.278 e. The summed E-state index contributed by atoms with van der Waals surface area (Å²) >= 11 is 9.04. The topological polar surface area (TPSA) is 63.2 Å². The number of nitrogens with zero attached hydrogens (tertiary/aromatic N) is 3. The summed E-state index contributed by atoms with van der Waals surface area (Å²) in [5, 5.41) is 1.92. The van der Waals surface area contributed by atoms with Crippen molar-refractivity contribution in [3.8, 4) is 10.4 Å². The van der Waals surface area contributed by atoms with Gasteiger partial charge in [0.25, 0.3) is 5.91 Å². The molecule has 0 N–H and O–H groups in total. The number of hydrogen-bond donors (Lipinski definition) is 0. The third-order valence-corrected chi connectivity index (χ3v) is 8.34. The fourth-order valence-electron chi connectivity index (χ4n) is 4.03. The van der Waals surface area contributed by atoms with E-state index in [1.54, 1.807) is 35.6 Å². The Labute approximate surface area is 211 Å². The zero-order valence-electron chi connectivity index (χ0n) is 18.5. The van der Waals surface area contributed by atoms with Crippen molar-refractivity contribution < 1.29 is 9.59 Å². The van der Waals surface area contributed by atoms with Crippen LogP contribution in [0.25, 0.3) is 20.7 Å². The minimum absolute atomic E-state index is 0.162. The highest BCUT2D eigenvalue weighted by Gasteiger charge is 2.33. The van der Waals surface area contributed by atoms with E-state index in [9.17, 15) is 9.59 Å².